The maximum atomic E-state index is 13.2. The van der Waals surface area contributed by atoms with Crippen LogP contribution in [-0.2, 0) is 6.54 Å². The molecule has 1 aromatic carbocycles. The number of carbonyl (C=O) groups is 2. The van der Waals surface area contributed by atoms with E-state index in [0.717, 1.165) is 5.56 Å². The summed E-state index contributed by atoms with van der Waals surface area (Å²) in [5, 5.41) is 5.29. The Morgan fingerprint density at radius 1 is 1.00 bits per heavy atom. The van der Waals surface area contributed by atoms with Gasteiger partial charge in [-0.25, -0.2) is 4.39 Å². The van der Waals surface area contributed by atoms with Crippen molar-refractivity contribution in [2.75, 3.05) is 5.32 Å². The molecule has 0 saturated carbocycles. The average molecular weight is 350 g/mol. The number of anilines is 1. The molecular formula is C19H15FN4O2. The van der Waals surface area contributed by atoms with Gasteiger partial charge in [0.1, 0.15) is 11.5 Å². The number of halogens is 1. The summed E-state index contributed by atoms with van der Waals surface area (Å²) >= 11 is 0. The van der Waals surface area contributed by atoms with Crippen molar-refractivity contribution in [2.24, 2.45) is 0 Å². The van der Waals surface area contributed by atoms with Crippen LogP contribution in [0.4, 0.5) is 10.1 Å². The fourth-order valence-corrected chi connectivity index (χ4v) is 2.24. The first-order valence-corrected chi connectivity index (χ1v) is 7.82. The van der Waals surface area contributed by atoms with E-state index in [0.29, 0.717) is 17.8 Å². The Hall–Kier alpha value is -3.61. The van der Waals surface area contributed by atoms with Gasteiger partial charge >= 0.3 is 0 Å². The predicted octanol–water partition coefficient (Wildman–Crippen LogP) is 2.80. The van der Waals surface area contributed by atoms with E-state index >= 15 is 0 Å². The van der Waals surface area contributed by atoms with Crippen molar-refractivity contribution in [3.05, 3.63) is 89.8 Å². The van der Waals surface area contributed by atoms with Crippen LogP contribution in [0.25, 0.3) is 0 Å². The van der Waals surface area contributed by atoms with Gasteiger partial charge < -0.3 is 10.6 Å². The van der Waals surface area contributed by atoms with Crippen molar-refractivity contribution in [3.63, 3.8) is 0 Å². The van der Waals surface area contributed by atoms with E-state index in [2.05, 4.69) is 20.6 Å². The van der Waals surface area contributed by atoms with Crippen LogP contribution in [0.3, 0.4) is 0 Å². The fraction of sp³-hybridized carbons (Fsp3) is 0.0526. The Kier molecular flexibility index (Phi) is 5.28. The van der Waals surface area contributed by atoms with Gasteiger partial charge in [0.2, 0.25) is 0 Å². The minimum atomic E-state index is -0.530. The zero-order valence-corrected chi connectivity index (χ0v) is 13.6. The molecule has 7 heteroatoms. The topological polar surface area (TPSA) is 84.0 Å². The highest BCUT2D eigenvalue weighted by molar-refractivity contribution is 6.04. The van der Waals surface area contributed by atoms with Crippen LogP contribution < -0.4 is 10.6 Å². The number of hydrogen-bond donors (Lipinski definition) is 2. The highest BCUT2D eigenvalue weighted by atomic mass is 19.1. The summed E-state index contributed by atoms with van der Waals surface area (Å²) in [5.74, 6) is -1.33. The van der Waals surface area contributed by atoms with Crippen molar-refractivity contribution in [1.82, 2.24) is 15.3 Å². The second-order valence-electron chi connectivity index (χ2n) is 5.44. The molecule has 0 bridgehead atoms. The van der Waals surface area contributed by atoms with Crippen molar-refractivity contribution in [3.8, 4) is 0 Å². The molecule has 0 fully saturated rings. The summed E-state index contributed by atoms with van der Waals surface area (Å²) in [5.41, 5.74) is 1.53. The van der Waals surface area contributed by atoms with E-state index in [1.54, 1.807) is 24.5 Å². The standard InChI is InChI=1S/C19H15FN4O2/c20-15-4-1-5-16(10-15)24-19(26)17-9-14(6-8-22-17)18(25)23-12-13-3-2-7-21-11-13/h1-11H,12H2,(H,23,25)(H,24,26). The van der Waals surface area contributed by atoms with E-state index in [9.17, 15) is 14.0 Å². The monoisotopic (exact) mass is 350 g/mol. The third-order valence-electron chi connectivity index (χ3n) is 3.51. The molecular weight excluding hydrogens is 335 g/mol. The van der Waals surface area contributed by atoms with Crippen LogP contribution >= 0.6 is 0 Å². The summed E-state index contributed by atoms with van der Waals surface area (Å²) in [4.78, 5) is 32.4. The van der Waals surface area contributed by atoms with Crippen molar-refractivity contribution in [2.45, 2.75) is 6.54 Å². The van der Waals surface area contributed by atoms with Crippen LogP contribution in [0.5, 0.6) is 0 Å². The summed E-state index contributed by atoms with van der Waals surface area (Å²) in [7, 11) is 0. The number of carbonyl (C=O) groups excluding carboxylic acids is 2. The van der Waals surface area contributed by atoms with E-state index in [4.69, 9.17) is 0 Å². The number of pyridine rings is 2. The Bertz CT molecular complexity index is 932. The molecule has 2 amide bonds. The van der Waals surface area contributed by atoms with Gasteiger partial charge in [0.15, 0.2) is 0 Å². The van der Waals surface area contributed by atoms with E-state index in [1.807, 2.05) is 6.07 Å². The number of amides is 2. The Labute approximate surface area is 149 Å². The first-order chi connectivity index (χ1) is 12.6. The first-order valence-electron chi connectivity index (χ1n) is 7.82. The third-order valence-corrected chi connectivity index (χ3v) is 3.51. The lowest BCUT2D eigenvalue weighted by Crippen LogP contribution is -2.23. The molecule has 2 N–H and O–H groups in total. The quantitative estimate of drug-likeness (QED) is 0.741. The van der Waals surface area contributed by atoms with Gasteiger partial charge in [-0.3, -0.25) is 19.6 Å². The highest BCUT2D eigenvalue weighted by Gasteiger charge is 2.12. The highest BCUT2D eigenvalue weighted by Crippen LogP contribution is 2.11. The van der Waals surface area contributed by atoms with E-state index in [1.165, 1.54) is 36.5 Å². The van der Waals surface area contributed by atoms with Crippen molar-refractivity contribution < 1.29 is 14.0 Å². The molecule has 0 aliphatic heterocycles. The number of nitrogens with zero attached hydrogens (tertiary/aromatic N) is 2. The maximum Gasteiger partial charge on any atom is 0.274 e. The zero-order valence-electron chi connectivity index (χ0n) is 13.6. The van der Waals surface area contributed by atoms with Gasteiger partial charge in [0.05, 0.1) is 0 Å². The van der Waals surface area contributed by atoms with Gasteiger partial charge in [-0.1, -0.05) is 12.1 Å². The fourth-order valence-electron chi connectivity index (χ4n) is 2.24. The summed E-state index contributed by atoms with van der Waals surface area (Å²) < 4.78 is 13.2. The summed E-state index contributed by atoms with van der Waals surface area (Å²) in [6, 6.07) is 12.0. The predicted molar refractivity (Wildman–Crippen MR) is 94.0 cm³/mol. The summed E-state index contributed by atoms with van der Waals surface area (Å²) in [6.07, 6.45) is 4.68. The van der Waals surface area contributed by atoms with Gasteiger partial charge in [0.25, 0.3) is 11.8 Å². The SMILES string of the molecule is O=C(NCc1cccnc1)c1ccnc(C(=O)Nc2cccc(F)c2)c1. The molecule has 2 aromatic heterocycles. The molecule has 0 radical (unpaired) electrons. The molecule has 3 rings (SSSR count). The molecule has 6 nitrogen and oxygen atoms in total. The maximum absolute atomic E-state index is 13.2. The molecule has 0 unspecified atom stereocenters. The number of aromatic nitrogens is 2. The lowest BCUT2D eigenvalue weighted by atomic mass is 10.2. The number of benzene rings is 1. The average Bonchev–Trinajstić information content (AvgIpc) is 2.67. The second kappa shape index (κ2) is 7.98. The van der Waals surface area contributed by atoms with Gasteiger partial charge in [-0.15, -0.1) is 0 Å². The minimum absolute atomic E-state index is 0.0586. The Balaban J connectivity index is 1.67. The number of hydrogen-bond acceptors (Lipinski definition) is 4. The van der Waals surface area contributed by atoms with Gasteiger partial charge in [-0.2, -0.15) is 0 Å². The lowest BCUT2D eigenvalue weighted by Gasteiger charge is -2.07. The zero-order chi connectivity index (χ0) is 18.4. The van der Waals surface area contributed by atoms with Crippen LogP contribution in [0.2, 0.25) is 0 Å². The lowest BCUT2D eigenvalue weighted by molar-refractivity contribution is 0.0950. The third kappa shape index (κ3) is 4.47. The van der Waals surface area contributed by atoms with E-state index < -0.39 is 11.7 Å². The van der Waals surface area contributed by atoms with Crippen LogP contribution in [0, 0.1) is 5.82 Å². The van der Waals surface area contributed by atoms with Crippen LogP contribution in [-0.4, -0.2) is 21.8 Å². The van der Waals surface area contributed by atoms with E-state index in [-0.39, 0.29) is 11.6 Å². The molecule has 0 saturated heterocycles. The molecule has 2 heterocycles. The molecule has 3 aromatic rings. The van der Waals surface area contributed by atoms with Crippen molar-refractivity contribution >= 4 is 17.5 Å². The molecule has 0 aliphatic carbocycles. The number of nitrogens with one attached hydrogen (secondary N) is 2. The van der Waals surface area contributed by atoms with Gasteiger partial charge in [0, 0.05) is 36.4 Å². The molecule has 0 spiro atoms. The molecule has 130 valence electrons. The number of rotatable bonds is 5. The molecule has 0 atom stereocenters. The Morgan fingerprint density at radius 3 is 2.65 bits per heavy atom. The minimum Gasteiger partial charge on any atom is -0.348 e. The molecule has 26 heavy (non-hydrogen) atoms. The van der Waals surface area contributed by atoms with Crippen LogP contribution in [0.1, 0.15) is 26.4 Å². The normalized spacial score (nSPS) is 10.2. The van der Waals surface area contributed by atoms with Crippen LogP contribution in [0.15, 0.2) is 67.1 Å². The summed E-state index contributed by atoms with van der Waals surface area (Å²) in [6.45, 7) is 0.319. The smallest absolute Gasteiger partial charge is 0.274 e. The first kappa shape index (κ1) is 17.2. The molecule has 0 aliphatic rings. The largest absolute Gasteiger partial charge is 0.348 e. The second-order valence-corrected chi connectivity index (χ2v) is 5.44. The Morgan fingerprint density at radius 2 is 1.88 bits per heavy atom. The van der Waals surface area contributed by atoms with Gasteiger partial charge in [-0.05, 0) is 42.0 Å². The van der Waals surface area contributed by atoms with Crippen molar-refractivity contribution in [1.29, 1.82) is 0 Å².